The summed E-state index contributed by atoms with van der Waals surface area (Å²) in [4.78, 5) is 47.8. The van der Waals surface area contributed by atoms with Crippen LogP contribution in [0.4, 0.5) is 10.1 Å². The number of fused-ring (bicyclic) bond motifs is 1. The van der Waals surface area contributed by atoms with Crippen LogP contribution in [0.25, 0.3) is 22.4 Å². The number of H-pyrrole nitrogens is 1. The molecule has 44 heavy (non-hydrogen) atoms. The van der Waals surface area contributed by atoms with Gasteiger partial charge in [0.25, 0.3) is 11.8 Å². The first-order valence-corrected chi connectivity index (χ1v) is 14.6. The number of hydrogen-bond acceptors (Lipinski definition) is 4. The molecule has 1 aliphatic heterocycles. The lowest BCUT2D eigenvalue weighted by atomic mass is 9.89. The molecule has 1 aromatic heterocycles. The molecule has 0 radical (unpaired) electrons. The number of carboxylic acids is 1. The van der Waals surface area contributed by atoms with Crippen LogP contribution in [0, 0.1) is 5.82 Å². The van der Waals surface area contributed by atoms with Crippen molar-refractivity contribution >= 4 is 57.7 Å². The summed E-state index contributed by atoms with van der Waals surface area (Å²) in [5.74, 6) is -1.57. The smallest absolute Gasteiger partial charge is 0.337 e. The number of aromatic amines is 1. The van der Waals surface area contributed by atoms with Gasteiger partial charge in [0.2, 0.25) is 0 Å². The van der Waals surface area contributed by atoms with Gasteiger partial charge in [0.1, 0.15) is 11.6 Å². The third kappa shape index (κ3) is 6.02. The molecule has 11 heteroatoms. The predicted octanol–water partition coefficient (Wildman–Crippen LogP) is 7.65. The number of rotatable bonds is 6. The highest BCUT2D eigenvalue weighted by Gasteiger charge is 2.26. The first-order chi connectivity index (χ1) is 21.2. The molecular weight excluding hydrogens is 606 g/mol. The molecule has 2 amide bonds. The highest BCUT2D eigenvalue weighted by Crippen LogP contribution is 2.31. The number of imidazole rings is 1. The Bertz CT molecular complexity index is 1860. The highest BCUT2D eigenvalue weighted by molar-refractivity contribution is 6.42. The van der Waals surface area contributed by atoms with E-state index in [9.17, 15) is 23.9 Å². The fourth-order valence-corrected chi connectivity index (χ4v) is 5.73. The summed E-state index contributed by atoms with van der Waals surface area (Å²) >= 11 is 12.2. The number of benzene rings is 4. The Morgan fingerprint density at radius 1 is 0.886 bits per heavy atom. The summed E-state index contributed by atoms with van der Waals surface area (Å²) in [5.41, 5.74) is 3.52. The number of carbonyl (C=O) groups excluding carboxylic acids is 2. The fourth-order valence-electron chi connectivity index (χ4n) is 5.41. The SMILES string of the molecule is O=C(Nc1ccc(C(=O)N2CCC(c3ccc(F)cc3)CC2)cc1C(=O)O)c1ccc(-c2nc3cc(Cl)c(Cl)cc3[nH]2)cc1. The number of halogens is 3. The zero-order valence-electron chi connectivity index (χ0n) is 23.1. The van der Waals surface area contributed by atoms with E-state index in [1.165, 1.54) is 30.3 Å². The quantitative estimate of drug-likeness (QED) is 0.178. The first-order valence-electron chi connectivity index (χ1n) is 13.8. The van der Waals surface area contributed by atoms with Crippen molar-refractivity contribution in [3.63, 3.8) is 0 Å². The van der Waals surface area contributed by atoms with Gasteiger partial charge in [-0.05, 0) is 78.9 Å². The molecule has 3 N–H and O–H groups in total. The molecule has 0 spiro atoms. The number of nitrogens with zero attached hydrogens (tertiary/aromatic N) is 2. The van der Waals surface area contributed by atoms with Crippen LogP contribution < -0.4 is 5.32 Å². The van der Waals surface area contributed by atoms with E-state index in [1.54, 1.807) is 53.4 Å². The van der Waals surface area contributed by atoms with Crippen molar-refractivity contribution in [1.82, 2.24) is 14.9 Å². The molecule has 0 unspecified atom stereocenters. The zero-order chi connectivity index (χ0) is 31.0. The Morgan fingerprint density at radius 3 is 2.23 bits per heavy atom. The molecule has 1 fully saturated rings. The number of aromatic carboxylic acids is 1. The second kappa shape index (κ2) is 12.1. The van der Waals surface area contributed by atoms with E-state index in [1.807, 2.05) is 0 Å². The van der Waals surface area contributed by atoms with Crippen molar-refractivity contribution in [2.24, 2.45) is 0 Å². The van der Waals surface area contributed by atoms with E-state index in [4.69, 9.17) is 23.2 Å². The topological polar surface area (TPSA) is 115 Å². The lowest BCUT2D eigenvalue weighted by Crippen LogP contribution is -2.38. The van der Waals surface area contributed by atoms with E-state index < -0.39 is 11.9 Å². The Balaban J connectivity index is 1.13. The van der Waals surface area contributed by atoms with Gasteiger partial charge in [-0.25, -0.2) is 14.2 Å². The molecular formula is C33H25Cl2FN4O4. The molecule has 0 bridgehead atoms. The molecule has 1 saturated heterocycles. The molecule has 6 rings (SSSR count). The maximum absolute atomic E-state index is 13.3. The molecule has 8 nitrogen and oxygen atoms in total. The van der Waals surface area contributed by atoms with Gasteiger partial charge >= 0.3 is 5.97 Å². The summed E-state index contributed by atoms with van der Waals surface area (Å²) in [5, 5.41) is 13.3. The monoisotopic (exact) mass is 630 g/mol. The Labute approximate surface area is 261 Å². The molecule has 0 aliphatic carbocycles. The maximum atomic E-state index is 13.3. The van der Waals surface area contributed by atoms with Gasteiger partial charge < -0.3 is 20.3 Å². The van der Waals surface area contributed by atoms with Crippen LogP contribution in [0.3, 0.4) is 0 Å². The van der Waals surface area contributed by atoms with Gasteiger partial charge in [0.15, 0.2) is 0 Å². The van der Waals surface area contributed by atoms with Gasteiger partial charge in [-0.1, -0.05) is 47.5 Å². The second-order valence-corrected chi connectivity index (χ2v) is 11.4. The standard InChI is InChI=1S/C33H25Cl2FN4O4/c34-25-16-28-29(17-26(25)35)38-30(37-28)20-1-3-21(4-2-20)31(41)39-27-10-7-22(15-24(27)33(43)44)32(42)40-13-11-19(12-14-40)18-5-8-23(36)9-6-18/h1-10,15-17,19H,11-14H2,(H,37,38)(H,39,41)(H,43,44). The van der Waals surface area contributed by atoms with E-state index in [-0.39, 0.29) is 34.5 Å². The summed E-state index contributed by atoms with van der Waals surface area (Å²) < 4.78 is 13.3. The van der Waals surface area contributed by atoms with Crippen LogP contribution in [0.1, 0.15) is 55.4 Å². The third-order valence-electron chi connectivity index (χ3n) is 7.81. The summed E-state index contributed by atoms with van der Waals surface area (Å²) in [6.07, 6.45) is 1.43. The first kappa shape index (κ1) is 29.3. The van der Waals surface area contributed by atoms with Crippen LogP contribution in [0.15, 0.2) is 78.9 Å². The number of aromatic nitrogens is 2. The number of nitrogens with one attached hydrogen (secondary N) is 2. The number of anilines is 1. The second-order valence-electron chi connectivity index (χ2n) is 10.6. The Kier molecular flexibility index (Phi) is 8.07. The van der Waals surface area contributed by atoms with Crippen molar-refractivity contribution in [3.05, 3.63) is 117 Å². The predicted molar refractivity (Wildman–Crippen MR) is 167 cm³/mol. The molecule has 2 heterocycles. The van der Waals surface area contributed by atoms with Crippen LogP contribution in [-0.4, -0.2) is 50.8 Å². The minimum atomic E-state index is -1.27. The number of likely N-dealkylation sites (tertiary alicyclic amines) is 1. The number of amides is 2. The number of carboxylic acid groups (broad SMARTS) is 1. The van der Waals surface area contributed by atoms with E-state index in [2.05, 4.69) is 15.3 Å². The van der Waals surface area contributed by atoms with Crippen molar-refractivity contribution in [2.45, 2.75) is 18.8 Å². The van der Waals surface area contributed by atoms with Crippen LogP contribution in [0.2, 0.25) is 10.0 Å². The van der Waals surface area contributed by atoms with Crippen molar-refractivity contribution in [1.29, 1.82) is 0 Å². The maximum Gasteiger partial charge on any atom is 0.337 e. The van der Waals surface area contributed by atoms with Crippen LogP contribution in [0.5, 0.6) is 0 Å². The molecule has 5 aromatic rings. The lowest BCUT2D eigenvalue weighted by molar-refractivity contribution is 0.0698. The Hall–Kier alpha value is -4.73. The minimum Gasteiger partial charge on any atom is -0.478 e. The molecule has 1 aliphatic rings. The lowest BCUT2D eigenvalue weighted by Gasteiger charge is -2.32. The van der Waals surface area contributed by atoms with E-state index in [0.717, 1.165) is 24.0 Å². The average molecular weight is 631 g/mol. The van der Waals surface area contributed by atoms with Crippen molar-refractivity contribution in [2.75, 3.05) is 18.4 Å². The number of hydrogen-bond donors (Lipinski definition) is 3. The molecule has 0 atom stereocenters. The largest absolute Gasteiger partial charge is 0.478 e. The molecule has 4 aromatic carbocycles. The van der Waals surface area contributed by atoms with Gasteiger partial charge in [0.05, 0.1) is 32.3 Å². The van der Waals surface area contributed by atoms with Crippen molar-refractivity contribution in [3.8, 4) is 11.4 Å². The minimum absolute atomic E-state index is 0.0733. The van der Waals surface area contributed by atoms with Crippen LogP contribution in [-0.2, 0) is 0 Å². The summed E-state index contributed by atoms with van der Waals surface area (Å²) in [6, 6.07) is 20.6. The zero-order valence-corrected chi connectivity index (χ0v) is 24.6. The van der Waals surface area contributed by atoms with Crippen molar-refractivity contribution < 1.29 is 23.9 Å². The average Bonchev–Trinajstić information content (AvgIpc) is 3.44. The normalized spacial score (nSPS) is 13.7. The van der Waals surface area contributed by atoms with Gasteiger partial charge in [-0.2, -0.15) is 0 Å². The fraction of sp³-hybridized carbons (Fsp3) is 0.152. The number of piperidine rings is 1. The molecule has 0 saturated carbocycles. The summed E-state index contributed by atoms with van der Waals surface area (Å²) in [6.45, 7) is 0.987. The molecule has 222 valence electrons. The van der Waals surface area contributed by atoms with Gasteiger partial charge in [-0.15, -0.1) is 0 Å². The summed E-state index contributed by atoms with van der Waals surface area (Å²) in [7, 11) is 0. The Morgan fingerprint density at radius 2 is 1.55 bits per heavy atom. The van der Waals surface area contributed by atoms with E-state index >= 15 is 0 Å². The third-order valence-corrected chi connectivity index (χ3v) is 8.54. The van der Waals surface area contributed by atoms with Crippen LogP contribution >= 0.6 is 23.2 Å². The van der Waals surface area contributed by atoms with E-state index in [0.29, 0.717) is 45.6 Å². The van der Waals surface area contributed by atoms with Gasteiger partial charge in [0, 0.05) is 29.8 Å². The van der Waals surface area contributed by atoms with Gasteiger partial charge in [-0.3, -0.25) is 9.59 Å². The number of carbonyl (C=O) groups is 3. The highest BCUT2D eigenvalue weighted by atomic mass is 35.5.